The Labute approximate surface area is 433 Å². The zero-order chi connectivity index (χ0) is 52.5. The van der Waals surface area contributed by atoms with E-state index in [-0.39, 0.29) is 59.7 Å². The summed E-state index contributed by atoms with van der Waals surface area (Å²) in [7, 11) is 3.11. The first kappa shape index (κ1) is 57.0. The van der Waals surface area contributed by atoms with Crippen LogP contribution in [0.4, 0.5) is 11.9 Å². The number of aromatic carboxylic acids is 1. The van der Waals surface area contributed by atoms with Crippen LogP contribution in [0.25, 0.3) is 17.5 Å². The number of tetrazole rings is 2. The van der Waals surface area contributed by atoms with Crippen molar-refractivity contribution in [3.05, 3.63) is 166 Å². The molecule has 0 fully saturated rings. The number of carboxylic acids is 1. The Morgan fingerprint density at radius 3 is 1.24 bits per heavy atom. The van der Waals surface area contributed by atoms with Gasteiger partial charge in [0.1, 0.15) is 22.8 Å². The summed E-state index contributed by atoms with van der Waals surface area (Å²) in [4.78, 5) is 85.0. The number of amides is 2. The first-order valence-electron chi connectivity index (χ1n) is 19.1. The number of rotatable bonds is 8. The summed E-state index contributed by atoms with van der Waals surface area (Å²) in [6.07, 6.45) is 4.36. The fourth-order valence-corrected chi connectivity index (χ4v) is 5.84. The summed E-state index contributed by atoms with van der Waals surface area (Å²) >= 11 is 6.50. The van der Waals surface area contributed by atoms with Gasteiger partial charge in [-0.2, -0.15) is 34.6 Å². The molecule has 358 valence electrons. The van der Waals surface area contributed by atoms with Crippen LogP contribution >= 0.6 is 31.9 Å². The minimum atomic E-state index is -1.28. The van der Waals surface area contributed by atoms with E-state index in [9.17, 15) is 28.8 Å². The van der Waals surface area contributed by atoms with Gasteiger partial charge in [-0.3, -0.25) is 34.6 Å². The van der Waals surface area contributed by atoms with E-state index in [4.69, 9.17) is 34.0 Å². The van der Waals surface area contributed by atoms with Crippen LogP contribution in [0.2, 0.25) is 0 Å². The summed E-state index contributed by atoms with van der Waals surface area (Å²) in [6, 6.07) is 15.5. The first-order chi connectivity index (χ1) is 33.9. The van der Waals surface area contributed by atoms with Crippen molar-refractivity contribution >= 4 is 61.5 Å². The third-order valence-electron chi connectivity index (χ3n) is 8.46. The topological polar surface area (TPSA) is 397 Å². The number of nitrogens with zero attached hydrogens (tertiary/aromatic N) is 20. The van der Waals surface area contributed by atoms with E-state index < -0.39 is 34.5 Å². The molecule has 0 radical (unpaired) electrons. The number of carbonyl (C=O) groups excluding carboxylic acids is 2. The third-order valence-corrected chi connectivity index (χ3v) is 9.40. The zero-order valence-corrected chi connectivity index (χ0v) is 43.9. The van der Waals surface area contributed by atoms with Crippen LogP contribution in [-0.4, -0.2) is 108 Å². The SMILES string of the molecule is Cc1cc(C(=O)Nc2nnnn2C)c(=O)n(-c2ccc(Br)cn2)n1.Cc1cc(C(=O)Nc2nnnn2C)c(=O)n(-c2ccc(C#N)cn2)n1.Cc1cc(C(=O)O)c(=O)n(-c2ccc(Br)cn2)n1.[C-]#N.[C-]#N.[Zn+2]. The number of aryl methyl sites for hydroxylation is 5. The van der Waals surface area contributed by atoms with Gasteiger partial charge in [-0.25, -0.2) is 29.1 Å². The standard InChI is InChI=1S/C14H11N9O2.C13H11BrN8O2.C11H8BrN3O3.2CN.Zn/c1-8-5-10(12(24)17-14-18-20-21-22(14)2)13(25)23(19-8)11-4-3-9(6-15)7-16-11;1-7-5-9(11(23)16-13-17-19-20-21(13)2)12(24)22(18-7)10-4-3-8(14)6-15-10;1-6-4-8(11(17)18)10(16)15(14-6)9-3-2-7(12)5-13-9;2*1-2;/h3-5,7H,1-2H3,(H,17,18,21,24);3-6H,1-2H3,(H,16,17,20,23);2-5H,1H3,(H,17,18);;;/q;;;2*-1;+2. The van der Waals surface area contributed by atoms with Crippen molar-refractivity contribution in [1.29, 1.82) is 15.8 Å². The predicted molar refractivity (Wildman–Crippen MR) is 248 cm³/mol. The number of nitriles is 1. The Balaban J connectivity index is 0.000000277. The van der Waals surface area contributed by atoms with Gasteiger partial charge in [0.05, 0.1) is 22.6 Å². The molecule has 8 aromatic heterocycles. The maximum atomic E-state index is 12.6. The van der Waals surface area contributed by atoms with E-state index in [1.807, 2.05) is 6.07 Å². The quantitative estimate of drug-likeness (QED) is 0.144. The summed E-state index contributed by atoms with van der Waals surface area (Å²) in [5.41, 5.74) is -0.813. The van der Waals surface area contributed by atoms with Gasteiger partial charge in [0.2, 0.25) is 11.9 Å². The molecule has 29 nitrogen and oxygen atoms in total. The van der Waals surface area contributed by atoms with Crippen molar-refractivity contribution in [2.24, 2.45) is 14.1 Å². The second kappa shape index (κ2) is 26.4. The molecule has 0 aliphatic heterocycles. The molecule has 0 unspecified atom stereocenters. The number of aromatic nitrogens is 17. The van der Waals surface area contributed by atoms with E-state index in [0.29, 0.717) is 28.5 Å². The molecule has 0 aromatic carbocycles. The van der Waals surface area contributed by atoms with Crippen LogP contribution in [0.1, 0.15) is 53.7 Å². The normalized spacial score (nSPS) is 9.75. The largest absolute Gasteiger partial charge is 2.00 e. The summed E-state index contributed by atoms with van der Waals surface area (Å²) in [6.45, 7) is 14.4. The number of nitrogens with one attached hydrogen (secondary N) is 2. The van der Waals surface area contributed by atoms with Crippen molar-refractivity contribution in [2.45, 2.75) is 20.8 Å². The maximum Gasteiger partial charge on any atom is 2.00 e. The van der Waals surface area contributed by atoms with Crippen LogP contribution in [0.15, 0.2) is 96.5 Å². The Bertz CT molecular complexity index is 3490. The molecular formula is C40H30Br2N22O7Zn. The van der Waals surface area contributed by atoms with E-state index in [0.717, 1.165) is 23.0 Å². The van der Waals surface area contributed by atoms with Crippen LogP contribution < -0.4 is 27.3 Å². The third kappa shape index (κ3) is 14.4. The number of anilines is 2. The molecule has 8 aromatic rings. The molecule has 8 rings (SSSR count). The van der Waals surface area contributed by atoms with Gasteiger partial charge >= 0.3 is 25.4 Å². The van der Waals surface area contributed by atoms with Gasteiger partial charge < -0.3 is 28.8 Å². The number of pyridine rings is 3. The second-order valence-corrected chi connectivity index (χ2v) is 15.2. The number of halogens is 2. The maximum absolute atomic E-state index is 12.6. The fraction of sp³-hybridized carbons (Fsp3) is 0.125. The van der Waals surface area contributed by atoms with E-state index in [1.54, 1.807) is 59.1 Å². The average Bonchev–Trinajstić information content (AvgIpc) is 3.98. The molecule has 72 heavy (non-hydrogen) atoms. The number of hydrogen-bond acceptors (Lipinski definition) is 21. The Morgan fingerprint density at radius 2 is 0.944 bits per heavy atom. The Kier molecular flexibility index (Phi) is 20.9. The molecule has 32 heteroatoms. The zero-order valence-electron chi connectivity index (χ0n) is 37.7. The molecular weight excluding hydrogens is 1130 g/mol. The van der Waals surface area contributed by atoms with Crippen LogP contribution in [-0.2, 0) is 33.6 Å². The molecule has 8 heterocycles. The number of hydrogen-bond donors (Lipinski definition) is 3. The van der Waals surface area contributed by atoms with Gasteiger partial charge in [-0.15, -0.1) is 0 Å². The minimum absolute atomic E-state index is 0. The molecule has 0 spiro atoms. The summed E-state index contributed by atoms with van der Waals surface area (Å²) in [5.74, 6) is -1.58. The molecule has 2 amide bonds. The van der Waals surface area contributed by atoms with Gasteiger partial charge in [-0.05, 0) is 128 Å². The Hall–Kier alpha value is -9.31. The minimum Gasteiger partial charge on any atom is -0.512 e. The van der Waals surface area contributed by atoms with Crippen molar-refractivity contribution in [3.8, 4) is 23.5 Å². The molecule has 0 aliphatic rings. The number of carboxylic acid groups (broad SMARTS) is 1. The van der Waals surface area contributed by atoms with Crippen LogP contribution in [0.5, 0.6) is 0 Å². The first-order valence-corrected chi connectivity index (χ1v) is 20.7. The van der Waals surface area contributed by atoms with E-state index in [1.165, 1.54) is 58.3 Å². The second-order valence-electron chi connectivity index (χ2n) is 13.4. The van der Waals surface area contributed by atoms with E-state index >= 15 is 0 Å². The smallest absolute Gasteiger partial charge is 0.512 e. The van der Waals surface area contributed by atoms with Crippen molar-refractivity contribution in [3.63, 3.8) is 0 Å². The monoisotopic (exact) mass is 1150 g/mol. The van der Waals surface area contributed by atoms with E-state index in [2.05, 4.69) is 104 Å². The van der Waals surface area contributed by atoms with Gasteiger partial charge in [-0.1, -0.05) is 10.2 Å². The summed E-state index contributed by atoms with van der Waals surface area (Å²) < 4.78 is 7.11. The number of carbonyl (C=O) groups is 3. The van der Waals surface area contributed by atoms with Crippen molar-refractivity contribution < 1.29 is 39.0 Å². The fourth-order valence-electron chi connectivity index (χ4n) is 5.37. The van der Waals surface area contributed by atoms with Crippen molar-refractivity contribution in [2.75, 3.05) is 10.6 Å². The van der Waals surface area contributed by atoms with Crippen LogP contribution in [0.3, 0.4) is 0 Å². The molecule has 0 saturated carbocycles. The van der Waals surface area contributed by atoms with Gasteiger partial charge in [0, 0.05) is 41.6 Å². The average molecular weight is 1160 g/mol. The van der Waals surface area contributed by atoms with Crippen LogP contribution in [0, 0.1) is 55.8 Å². The predicted octanol–water partition coefficient (Wildman–Crippen LogP) is 1.64. The molecule has 0 atom stereocenters. The van der Waals surface area contributed by atoms with Gasteiger partial charge in [0.25, 0.3) is 28.5 Å². The molecule has 0 saturated heterocycles. The van der Waals surface area contributed by atoms with Gasteiger partial charge in [0.15, 0.2) is 17.5 Å². The molecule has 0 aliphatic carbocycles. The van der Waals surface area contributed by atoms with Crippen molar-refractivity contribution in [1.82, 2.24) is 84.7 Å². The summed E-state index contributed by atoms with van der Waals surface area (Å²) in [5, 5.41) is 68.7. The molecule has 0 bridgehead atoms. The Morgan fingerprint density at radius 1 is 0.597 bits per heavy atom. The molecule has 3 N–H and O–H groups in total.